The molecule has 0 saturated heterocycles. The van der Waals surface area contributed by atoms with Gasteiger partial charge in [-0.2, -0.15) is 8.78 Å². The Labute approximate surface area is 106 Å². The van der Waals surface area contributed by atoms with Crippen molar-refractivity contribution in [3.63, 3.8) is 0 Å². The Morgan fingerprint density at radius 1 is 1.12 bits per heavy atom. The summed E-state index contributed by atoms with van der Waals surface area (Å²) in [6.07, 6.45) is -1.47. The van der Waals surface area contributed by atoms with Gasteiger partial charge in [0.2, 0.25) is 6.29 Å². The molecule has 0 saturated carbocycles. The lowest BCUT2D eigenvalue weighted by Crippen LogP contribution is -2.46. The van der Waals surface area contributed by atoms with Crippen LogP contribution in [-0.2, 0) is 9.16 Å². The highest BCUT2D eigenvalue weighted by Gasteiger charge is 2.44. The van der Waals surface area contributed by atoms with Crippen molar-refractivity contribution in [2.24, 2.45) is 0 Å². The molecular formula is C10H21BrF2O2Si. The standard InChI is InChI=1S/C10H21BrF2O2Si/c1-5-14-9(10(11,12)13)15-16(6-2,7-3)8-4/h9H,5-8H2,1-4H3. The molecule has 0 aliphatic rings. The third-order valence-electron chi connectivity index (χ3n) is 2.88. The van der Waals surface area contributed by atoms with Gasteiger partial charge in [0.25, 0.3) is 0 Å². The molecule has 2 nitrogen and oxygen atoms in total. The highest BCUT2D eigenvalue weighted by atomic mass is 79.9. The summed E-state index contributed by atoms with van der Waals surface area (Å²) in [6.45, 7) is 7.88. The Morgan fingerprint density at radius 2 is 1.56 bits per heavy atom. The Morgan fingerprint density at radius 3 is 1.81 bits per heavy atom. The van der Waals surface area contributed by atoms with E-state index in [1.165, 1.54) is 0 Å². The molecule has 0 N–H and O–H groups in total. The molecule has 0 aromatic rings. The van der Waals surface area contributed by atoms with Crippen LogP contribution in [0.1, 0.15) is 27.7 Å². The van der Waals surface area contributed by atoms with E-state index in [0.29, 0.717) is 0 Å². The number of rotatable bonds is 8. The minimum absolute atomic E-state index is 0.216. The van der Waals surface area contributed by atoms with E-state index in [1.807, 2.05) is 20.8 Å². The summed E-state index contributed by atoms with van der Waals surface area (Å²) in [5, 5.41) is 0. The monoisotopic (exact) mass is 318 g/mol. The van der Waals surface area contributed by atoms with Crippen molar-refractivity contribution in [3.05, 3.63) is 0 Å². The molecule has 0 spiro atoms. The lowest BCUT2D eigenvalue weighted by atomic mass is 10.7. The zero-order valence-corrected chi connectivity index (χ0v) is 12.9. The zero-order chi connectivity index (χ0) is 12.8. The summed E-state index contributed by atoms with van der Waals surface area (Å²) in [7, 11) is -2.06. The molecule has 16 heavy (non-hydrogen) atoms. The van der Waals surface area contributed by atoms with Gasteiger partial charge in [-0.25, -0.2) is 0 Å². The van der Waals surface area contributed by atoms with Gasteiger partial charge in [-0.05, 0) is 41.0 Å². The number of halogens is 3. The highest BCUT2D eigenvalue weighted by Crippen LogP contribution is 2.34. The van der Waals surface area contributed by atoms with E-state index in [-0.39, 0.29) is 6.61 Å². The molecule has 0 fully saturated rings. The first-order valence-corrected chi connectivity index (χ1v) is 9.03. The fourth-order valence-corrected chi connectivity index (χ4v) is 4.64. The predicted octanol–water partition coefficient (Wildman–Crippen LogP) is 4.36. The first-order valence-electron chi connectivity index (χ1n) is 5.71. The number of ether oxygens (including phenoxy) is 1. The molecule has 0 aromatic heterocycles. The second-order valence-corrected chi connectivity index (χ2v) is 9.47. The van der Waals surface area contributed by atoms with Crippen molar-refractivity contribution in [2.75, 3.05) is 6.61 Å². The maximum absolute atomic E-state index is 13.2. The topological polar surface area (TPSA) is 18.5 Å². The third kappa shape index (κ3) is 4.77. The van der Waals surface area contributed by atoms with Crippen molar-refractivity contribution in [1.82, 2.24) is 0 Å². The predicted molar refractivity (Wildman–Crippen MR) is 67.6 cm³/mol. The summed E-state index contributed by atoms with van der Waals surface area (Å²) in [4.78, 5) is -3.12. The molecule has 98 valence electrons. The van der Waals surface area contributed by atoms with Gasteiger partial charge in [0, 0.05) is 6.61 Å². The van der Waals surface area contributed by atoms with E-state index >= 15 is 0 Å². The normalized spacial score (nSPS) is 15.2. The van der Waals surface area contributed by atoms with Gasteiger partial charge in [0.15, 0.2) is 8.32 Å². The summed E-state index contributed by atoms with van der Waals surface area (Å²) >= 11 is 2.33. The van der Waals surface area contributed by atoms with Crippen LogP contribution < -0.4 is 0 Å². The molecule has 6 heteroatoms. The van der Waals surface area contributed by atoms with Gasteiger partial charge >= 0.3 is 4.83 Å². The average molecular weight is 319 g/mol. The molecule has 0 heterocycles. The first kappa shape index (κ1) is 16.5. The van der Waals surface area contributed by atoms with Crippen LogP contribution in [0.15, 0.2) is 0 Å². The van der Waals surface area contributed by atoms with Gasteiger partial charge in [-0.3, -0.25) is 0 Å². The Kier molecular flexibility index (Phi) is 7.24. The summed E-state index contributed by atoms with van der Waals surface area (Å²) in [5.41, 5.74) is 0. The second kappa shape index (κ2) is 7.03. The van der Waals surface area contributed by atoms with Gasteiger partial charge in [0.1, 0.15) is 0 Å². The lowest BCUT2D eigenvalue weighted by Gasteiger charge is -2.34. The van der Waals surface area contributed by atoms with Crippen LogP contribution >= 0.6 is 15.9 Å². The third-order valence-corrected chi connectivity index (χ3v) is 7.83. The van der Waals surface area contributed by atoms with E-state index in [1.54, 1.807) is 6.92 Å². The molecule has 0 radical (unpaired) electrons. The van der Waals surface area contributed by atoms with E-state index in [0.717, 1.165) is 18.1 Å². The summed E-state index contributed by atoms with van der Waals surface area (Å²) < 4.78 is 37.0. The van der Waals surface area contributed by atoms with Gasteiger partial charge in [-0.1, -0.05) is 20.8 Å². The van der Waals surface area contributed by atoms with Crippen molar-refractivity contribution >= 4 is 24.2 Å². The van der Waals surface area contributed by atoms with Crippen LogP contribution in [-0.4, -0.2) is 26.0 Å². The van der Waals surface area contributed by atoms with Crippen LogP contribution in [0.2, 0.25) is 18.1 Å². The van der Waals surface area contributed by atoms with E-state index in [4.69, 9.17) is 9.16 Å². The summed E-state index contributed by atoms with van der Waals surface area (Å²) in [6, 6.07) is 2.48. The zero-order valence-electron chi connectivity index (χ0n) is 10.4. The molecule has 1 atom stereocenters. The van der Waals surface area contributed by atoms with Crippen molar-refractivity contribution < 1.29 is 17.9 Å². The second-order valence-electron chi connectivity index (χ2n) is 3.69. The van der Waals surface area contributed by atoms with Gasteiger partial charge < -0.3 is 9.16 Å². The molecule has 0 bridgehead atoms. The molecule has 0 amide bonds. The number of hydrogen-bond donors (Lipinski definition) is 0. The van der Waals surface area contributed by atoms with Crippen LogP contribution in [0.3, 0.4) is 0 Å². The number of hydrogen-bond acceptors (Lipinski definition) is 2. The molecule has 0 aliphatic heterocycles. The SMILES string of the molecule is CCOC(O[Si](CC)(CC)CC)C(F)(F)Br. The van der Waals surface area contributed by atoms with Crippen molar-refractivity contribution in [2.45, 2.75) is 56.9 Å². The minimum Gasteiger partial charge on any atom is -0.387 e. The van der Waals surface area contributed by atoms with Crippen LogP contribution in [0, 0.1) is 0 Å². The molecule has 0 aromatic carbocycles. The van der Waals surface area contributed by atoms with Crippen LogP contribution in [0.25, 0.3) is 0 Å². The van der Waals surface area contributed by atoms with E-state index < -0.39 is 19.4 Å². The lowest BCUT2D eigenvalue weighted by molar-refractivity contribution is -0.176. The Balaban J connectivity index is 4.70. The molecule has 0 aliphatic carbocycles. The fraction of sp³-hybridized carbons (Fsp3) is 1.00. The van der Waals surface area contributed by atoms with Crippen molar-refractivity contribution in [3.8, 4) is 0 Å². The van der Waals surface area contributed by atoms with Gasteiger partial charge in [-0.15, -0.1) is 0 Å². The van der Waals surface area contributed by atoms with Crippen molar-refractivity contribution in [1.29, 1.82) is 0 Å². The Bertz CT molecular complexity index is 187. The quantitative estimate of drug-likeness (QED) is 0.376. The maximum Gasteiger partial charge on any atom is 0.350 e. The molecule has 0 rings (SSSR count). The molecule has 1 unspecified atom stereocenters. The smallest absolute Gasteiger partial charge is 0.350 e. The van der Waals surface area contributed by atoms with E-state index in [9.17, 15) is 8.78 Å². The first-order chi connectivity index (χ1) is 7.35. The largest absolute Gasteiger partial charge is 0.387 e. The maximum atomic E-state index is 13.2. The van der Waals surface area contributed by atoms with Crippen LogP contribution in [0.5, 0.6) is 0 Å². The molecular weight excluding hydrogens is 298 g/mol. The van der Waals surface area contributed by atoms with E-state index in [2.05, 4.69) is 15.9 Å². The fourth-order valence-electron chi connectivity index (χ4n) is 1.57. The average Bonchev–Trinajstić information content (AvgIpc) is 2.23. The minimum atomic E-state index is -3.12. The summed E-state index contributed by atoms with van der Waals surface area (Å²) in [5.74, 6) is 0. The van der Waals surface area contributed by atoms with Crippen LogP contribution in [0.4, 0.5) is 8.78 Å². The Hall–Kier alpha value is 0.477. The van der Waals surface area contributed by atoms with Gasteiger partial charge in [0.05, 0.1) is 0 Å². The highest BCUT2D eigenvalue weighted by molar-refractivity contribution is 9.10. The number of alkyl halides is 3.